The second-order valence-corrected chi connectivity index (χ2v) is 4.52. The molecule has 1 aromatic rings. The lowest BCUT2D eigenvalue weighted by Gasteiger charge is -2.29. The van der Waals surface area contributed by atoms with E-state index in [1.807, 2.05) is 0 Å². The Labute approximate surface area is 107 Å². The number of nitrogens with two attached hydrogens (primary N) is 1. The lowest BCUT2D eigenvalue weighted by molar-refractivity contribution is 0.0622. The molecule has 0 saturated carbocycles. The van der Waals surface area contributed by atoms with Gasteiger partial charge in [0.1, 0.15) is 6.33 Å². The predicted molar refractivity (Wildman–Crippen MR) is 69.6 cm³/mol. The first kappa shape index (κ1) is 12.9. The van der Waals surface area contributed by atoms with E-state index in [0.717, 1.165) is 26.1 Å². The molecule has 0 radical (unpaired) electrons. The molecule has 0 aromatic carbocycles. The van der Waals surface area contributed by atoms with Crippen LogP contribution in [0.15, 0.2) is 6.33 Å². The zero-order valence-corrected chi connectivity index (χ0v) is 10.8. The number of methoxy groups -OCH3 is 1. The van der Waals surface area contributed by atoms with Crippen LogP contribution in [-0.2, 0) is 4.74 Å². The van der Waals surface area contributed by atoms with Crippen LogP contribution in [0.2, 0.25) is 0 Å². The van der Waals surface area contributed by atoms with Crippen LogP contribution in [0.4, 0.5) is 11.6 Å². The molecule has 6 heteroatoms. The van der Waals surface area contributed by atoms with Crippen molar-refractivity contribution < 1.29 is 9.47 Å². The summed E-state index contributed by atoms with van der Waals surface area (Å²) in [5.41, 5.74) is 5.75. The summed E-state index contributed by atoms with van der Waals surface area (Å²) in [4.78, 5) is 8.10. The first-order chi connectivity index (χ1) is 8.72. The van der Waals surface area contributed by atoms with Crippen molar-refractivity contribution in [2.75, 3.05) is 31.4 Å². The Morgan fingerprint density at radius 1 is 1.44 bits per heavy atom. The third-order valence-electron chi connectivity index (χ3n) is 3.37. The molecule has 1 saturated heterocycles. The zero-order valence-electron chi connectivity index (χ0n) is 10.8. The Balaban J connectivity index is 2.06. The molecule has 2 heterocycles. The normalized spacial score (nSPS) is 18.3. The average molecular weight is 252 g/mol. The van der Waals surface area contributed by atoms with Gasteiger partial charge in [-0.1, -0.05) is 0 Å². The van der Waals surface area contributed by atoms with Gasteiger partial charge in [0, 0.05) is 19.3 Å². The minimum Gasteiger partial charge on any atom is -0.490 e. The Morgan fingerprint density at radius 3 is 2.83 bits per heavy atom. The molecule has 0 bridgehead atoms. The number of nitrogen functional groups attached to an aromatic ring is 1. The summed E-state index contributed by atoms with van der Waals surface area (Å²) < 4.78 is 10.6. The van der Waals surface area contributed by atoms with Crippen LogP contribution >= 0.6 is 0 Å². The zero-order chi connectivity index (χ0) is 13.0. The second-order valence-electron chi connectivity index (χ2n) is 4.52. The molecule has 1 unspecified atom stereocenters. The number of hydrogen-bond acceptors (Lipinski definition) is 6. The summed E-state index contributed by atoms with van der Waals surface area (Å²) in [7, 11) is 1.57. The fourth-order valence-corrected chi connectivity index (χ4v) is 2.24. The number of aromatic nitrogens is 2. The summed E-state index contributed by atoms with van der Waals surface area (Å²) in [6, 6.07) is 0.303. The average Bonchev–Trinajstić information content (AvgIpc) is 2.40. The van der Waals surface area contributed by atoms with Gasteiger partial charge in [0.25, 0.3) is 0 Å². The fraction of sp³-hybridized carbons (Fsp3) is 0.667. The Kier molecular flexibility index (Phi) is 4.19. The minimum absolute atomic E-state index is 0.303. The van der Waals surface area contributed by atoms with Gasteiger partial charge >= 0.3 is 0 Å². The number of anilines is 2. The fourth-order valence-electron chi connectivity index (χ4n) is 2.24. The molecule has 1 atom stereocenters. The Hall–Kier alpha value is -1.56. The molecule has 2 rings (SSSR count). The maximum absolute atomic E-state index is 5.75. The van der Waals surface area contributed by atoms with Gasteiger partial charge in [-0.2, -0.15) is 0 Å². The molecule has 100 valence electrons. The van der Waals surface area contributed by atoms with E-state index in [9.17, 15) is 0 Å². The van der Waals surface area contributed by atoms with Crippen LogP contribution in [0.1, 0.15) is 19.8 Å². The van der Waals surface area contributed by atoms with Crippen molar-refractivity contribution in [1.82, 2.24) is 9.97 Å². The first-order valence-corrected chi connectivity index (χ1v) is 6.21. The molecule has 0 amide bonds. The standard InChI is InChI=1S/C12H20N4O2/c1-8(9-3-5-18-6-4-9)16-12-10(17-2)11(13)14-7-15-12/h7-9H,3-6H2,1-2H3,(H3,13,14,15,16). The Morgan fingerprint density at radius 2 is 2.17 bits per heavy atom. The summed E-state index contributed by atoms with van der Waals surface area (Å²) in [5, 5.41) is 3.36. The van der Waals surface area contributed by atoms with Crippen LogP contribution in [0.25, 0.3) is 0 Å². The van der Waals surface area contributed by atoms with Gasteiger partial charge in [-0.05, 0) is 25.7 Å². The van der Waals surface area contributed by atoms with Crippen LogP contribution in [0.5, 0.6) is 5.75 Å². The van der Waals surface area contributed by atoms with Crippen molar-refractivity contribution in [2.45, 2.75) is 25.8 Å². The largest absolute Gasteiger partial charge is 0.490 e. The molecule has 1 aliphatic rings. The molecule has 1 aromatic heterocycles. The van der Waals surface area contributed by atoms with Crippen molar-refractivity contribution in [1.29, 1.82) is 0 Å². The molecule has 3 N–H and O–H groups in total. The minimum atomic E-state index is 0.303. The first-order valence-electron chi connectivity index (χ1n) is 6.21. The van der Waals surface area contributed by atoms with Crippen molar-refractivity contribution in [3.63, 3.8) is 0 Å². The highest BCUT2D eigenvalue weighted by Gasteiger charge is 2.22. The molecule has 1 aliphatic heterocycles. The lowest BCUT2D eigenvalue weighted by atomic mass is 9.93. The second kappa shape index (κ2) is 5.86. The van der Waals surface area contributed by atoms with Gasteiger partial charge in [0.05, 0.1) is 7.11 Å². The van der Waals surface area contributed by atoms with Crippen molar-refractivity contribution in [3.8, 4) is 5.75 Å². The smallest absolute Gasteiger partial charge is 0.203 e. The lowest BCUT2D eigenvalue weighted by Crippen LogP contribution is -2.31. The molecular formula is C12H20N4O2. The number of nitrogens with one attached hydrogen (secondary N) is 1. The van der Waals surface area contributed by atoms with E-state index in [1.165, 1.54) is 6.33 Å². The maximum atomic E-state index is 5.75. The van der Waals surface area contributed by atoms with E-state index >= 15 is 0 Å². The Bertz CT molecular complexity index is 394. The molecule has 18 heavy (non-hydrogen) atoms. The molecule has 6 nitrogen and oxygen atoms in total. The molecular weight excluding hydrogens is 232 g/mol. The SMILES string of the molecule is COc1c(N)ncnc1NC(C)C1CCOCC1. The highest BCUT2D eigenvalue weighted by atomic mass is 16.5. The van der Waals surface area contributed by atoms with Gasteiger partial charge in [-0.3, -0.25) is 0 Å². The van der Waals surface area contributed by atoms with Crippen LogP contribution in [0, 0.1) is 5.92 Å². The van der Waals surface area contributed by atoms with E-state index in [2.05, 4.69) is 22.2 Å². The summed E-state index contributed by atoms with van der Waals surface area (Å²) >= 11 is 0. The molecule has 0 spiro atoms. The van der Waals surface area contributed by atoms with Gasteiger partial charge in [0.2, 0.25) is 5.75 Å². The summed E-state index contributed by atoms with van der Waals surface area (Å²) in [6.07, 6.45) is 3.57. The summed E-state index contributed by atoms with van der Waals surface area (Å²) in [5.74, 6) is 2.11. The third kappa shape index (κ3) is 2.81. The quantitative estimate of drug-likeness (QED) is 0.840. The highest BCUT2D eigenvalue weighted by molar-refractivity contribution is 5.61. The van der Waals surface area contributed by atoms with E-state index < -0.39 is 0 Å². The number of hydrogen-bond donors (Lipinski definition) is 2. The predicted octanol–water partition coefficient (Wildman–Crippen LogP) is 1.29. The van der Waals surface area contributed by atoms with Crippen molar-refractivity contribution >= 4 is 11.6 Å². The van der Waals surface area contributed by atoms with Crippen molar-refractivity contribution in [3.05, 3.63) is 6.33 Å². The van der Waals surface area contributed by atoms with E-state index in [-0.39, 0.29) is 0 Å². The van der Waals surface area contributed by atoms with E-state index in [0.29, 0.717) is 29.3 Å². The van der Waals surface area contributed by atoms with Gasteiger partial charge in [-0.25, -0.2) is 9.97 Å². The monoisotopic (exact) mass is 252 g/mol. The number of nitrogens with zero attached hydrogens (tertiary/aromatic N) is 2. The van der Waals surface area contributed by atoms with Gasteiger partial charge in [0.15, 0.2) is 11.6 Å². The number of ether oxygens (including phenoxy) is 2. The van der Waals surface area contributed by atoms with Gasteiger partial charge in [-0.15, -0.1) is 0 Å². The highest BCUT2D eigenvalue weighted by Crippen LogP contribution is 2.29. The van der Waals surface area contributed by atoms with E-state index in [1.54, 1.807) is 7.11 Å². The molecule has 1 fully saturated rings. The third-order valence-corrected chi connectivity index (χ3v) is 3.37. The van der Waals surface area contributed by atoms with E-state index in [4.69, 9.17) is 15.2 Å². The molecule has 0 aliphatic carbocycles. The van der Waals surface area contributed by atoms with Crippen molar-refractivity contribution in [2.24, 2.45) is 5.92 Å². The topological polar surface area (TPSA) is 82.3 Å². The van der Waals surface area contributed by atoms with Crippen LogP contribution < -0.4 is 15.8 Å². The summed E-state index contributed by atoms with van der Waals surface area (Å²) in [6.45, 7) is 3.81. The van der Waals surface area contributed by atoms with Crippen LogP contribution in [0.3, 0.4) is 0 Å². The maximum Gasteiger partial charge on any atom is 0.203 e. The van der Waals surface area contributed by atoms with Crippen LogP contribution in [-0.4, -0.2) is 36.3 Å². The van der Waals surface area contributed by atoms with Gasteiger partial charge < -0.3 is 20.5 Å². The number of rotatable bonds is 4.